The van der Waals surface area contributed by atoms with Crippen LogP contribution in [0.3, 0.4) is 0 Å². The molecule has 114 valence electrons. The Bertz CT molecular complexity index is 682. The van der Waals surface area contributed by atoms with E-state index in [-0.39, 0.29) is 5.82 Å². The van der Waals surface area contributed by atoms with Crippen LogP contribution in [0.1, 0.15) is 17.9 Å². The summed E-state index contributed by atoms with van der Waals surface area (Å²) < 4.78 is 19.3. The molecule has 2 aliphatic heterocycles. The van der Waals surface area contributed by atoms with Gasteiger partial charge in [-0.3, -0.25) is 0 Å². The lowest BCUT2D eigenvalue weighted by atomic mass is 9.86. The topological polar surface area (TPSA) is 12.5 Å². The van der Waals surface area contributed by atoms with Gasteiger partial charge in [0.25, 0.3) is 0 Å². The predicted octanol–water partition coefficient (Wildman–Crippen LogP) is 3.92. The molecule has 3 heteroatoms. The van der Waals surface area contributed by atoms with Crippen LogP contribution in [-0.4, -0.2) is 31.6 Å². The van der Waals surface area contributed by atoms with Gasteiger partial charge in [0, 0.05) is 24.6 Å². The molecule has 0 saturated carbocycles. The quantitative estimate of drug-likeness (QED) is 0.791. The lowest BCUT2D eigenvalue weighted by Gasteiger charge is -2.18. The minimum atomic E-state index is -0.204. The van der Waals surface area contributed by atoms with Crippen LogP contribution in [-0.2, 0) is 0 Å². The first-order chi connectivity index (χ1) is 10.7. The number of likely N-dealkylation sites (tertiary alicyclic amines) is 1. The normalized spacial score (nSPS) is 24.3. The molecule has 0 aliphatic carbocycles. The van der Waals surface area contributed by atoms with Crippen molar-refractivity contribution in [3.05, 3.63) is 53.8 Å². The van der Waals surface area contributed by atoms with Crippen molar-refractivity contribution >= 4 is 0 Å². The van der Waals surface area contributed by atoms with Crippen LogP contribution in [0.5, 0.6) is 5.75 Å². The van der Waals surface area contributed by atoms with Gasteiger partial charge < -0.3 is 9.64 Å². The van der Waals surface area contributed by atoms with Gasteiger partial charge >= 0.3 is 0 Å². The van der Waals surface area contributed by atoms with E-state index >= 15 is 0 Å². The second-order valence-electron chi connectivity index (χ2n) is 6.46. The van der Waals surface area contributed by atoms with E-state index in [9.17, 15) is 4.39 Å². The molecule has 22 heavy (non-hydrogen) atoms. The van der Waals surface area contributed by atoms with E-state index in [1.807, 2.05) is 12.1 Å². The molecule has 2 heterocycles. The molecule has 0 N–H and O–H groups in total. The van der Waals surface area contributed by atoms with Gasteiger partial charge in [-0.1, -0.05) is 30.3 Å². The van der Waals surface area contributed by atoms with Crippen molar-refractivity contribution in [2.75, 3.05) is 26.7 Å². The Morgan fingerprint density at radius 3 is 2.73 bits per heavy atom. The van der Waals surface area contributed by atoms with Crippen molar-refractivity contribution < 1.29 is 9.13 Å². The molecule has 1 unspecified atom stereocenters. The van der Waals surface area contributed by atoms with Gasteiger partial charge in [-0.25, -0.2) is 4.39 Å². The molecule has 2 aromatic carbocycles. The number of fused-ring (bicyclic) bond motifs is 3. The Kier molecular flexibility index (Phi) is 3.38. The molecular formula is C19H20FNO. The summed E-state index contributed by atoms with van der Waals surface area (Å²) in [5, 5.41) is 0. The van der Waals surface area contributed by atoms with Crippen LogP contribution >= 0.6 is 0 Å². The Hall–Kier alpha value is -1.87. The molecule has 1 saturated heterocycles. The van der Waals surface area contributed by atoms with E-state index in [2.05, 4.69) is 30.1 Å². The van der Waals surface area contributed by atoms with Crippen molar-refractivity contribution in [1.29, 1.82) is 0 Å². The van der Waals surface area contributed by atoms with Crippen LogP contribution in [0.4, 0.5) is 4.39 Å². The second-order valence-corrected chi connectivity index (χ2v) is 6.46. The predicted molar refractivity (Wildman–Crippen MR) is 85.7 cm³/mol. The van der Waals surface area contributed by atoms with Crippen molar-refractivity contribution in [3.63, 3.8) is 0 Å². The largest absolute Gasteiger partial charge is 0.493 e. The first kappa shape index (κ1) is 13.8. The highest BCUT2D eigenvalue weighted by atomic mass is 19.1. The molecule has 4 rings (SSSR count). The molecule has 0 radical (unpaired) electrons. The number of benzene rings is 2. The van der Waals surface area contributed by atoms with Crippen LogP contribution in [0, 0.1) is 11.7 Å². The third kappa shape index (κ3) is 2.30. The van der Waals surface area contributed by atoms with Crippen LogP contribution in [0.2, 0.25) is 0 Å². The number of hydrogen-bond donors (Lipinski definition) is 0. The van der Waals surface area contributed by atoms with Crippen molar-refractivity contribution in [1.82, 2.24) is 4.90 Å². The van der Waals surface area contributed by atoms with E-state index in [0.29, 0.717) is 11.8 Å². The number of likely N-dealkylation sites (N-methyl/N-ethyl adjacent to an activating group) is 1. The standard InChI is InChI=1S/C19H20FNO/c1-21-11-14-9-10-22-19-16(13-5-7-15(20)8-6-13)3-2-4-17(19)18(14)12-21/h2-8,14,18H,9-12H2,1H3/t14?,18-/m0/s1. The average Bonchev–Trinajstić information content (AvgIpc) is 2.80. The third-order valence-electron chi connectivity index (χ3n) is 4.96. The van der Waals surface area contributed by atoms with Crippen molar-refractivity contribution in [2.45, 2.75) is 12.3 Å². The fourth-order valence-corrected chi connectivity index (χ4v) is 3.91. The van der Waals surface area contributed by atoms with Gasteiger partial charge in [-0.15, -0.1) is 0 Å². The maximum atomic E-state index is 13.2. The highest BCUT2D eigenvalue weighted by Crippen LogP contribution is 2.45. The lowest BCUT2D eigenvalue weighted by Crippen LogP contribution is -2.15. The van der Waals surface area contributed by atoms with Crippen molar-refractivity contribution in [2.24, 2.45) is 5.92 Å². The fraction of sp³-hybridized carbons (Fsp3) is 0.368. The summed E-state index contributed by atoms with van der Waals surface area (Å²) in [5.74, 6) is 2.01. The molecule has 2 aliphatic rings. The fourth-order valence-electron chi connectivity index (χ4n) is 3.91. The van der Waals surface area contributed by atoms with E-state index in [4.69, 9.17) is 4.74 Å². The summed E-state index contributed by atoms with van der Waals surface area (Å²) in [6, 6.07) is 13.1. The second kappa shape index (κ2) is 5.40. The summed E-state index contributed by atoms with van der Waals surface area (Å²) in [6.45, 7) is 3.00. The molecule has 0 bridgehead atoms. The van der Waals surface area contributed by atoms with Gasteiger partial charge in [0.05, 0.1) is 6.61 Å². The number of para-hydroxylation sites is 1. The number of hydrogen-bond acceptors (Lipinski definition) is 2. The van der Waals surface area contributed by atoms with Gasteiger partial charge in [-0.05, 0) is 42.6 Å². The van der Waals surface area contributed by atoms with Crippen LogP contribution in [0.25, 0.3) is 11.1 Å². The highest BCUT2D eigenvalue weighted by Gasteiger charge is 2.36. The van der Waals surface area contributed by atoms with Gasteiger partial charge in [0.2, 0.25) is 0 Å². The maximum absolute atomic E-state index is 13.2. The van der Waals surface area contributed by atoms with Gasteiger partial charge in [-0.2, -0.15) is 0 Å². The molecule has 0 amide bonds. The summed E-state index contributed by atoms with van der Waals surface area (Å²) in [4.78, 5) is 2.41. The van der Waals surface area contributed by atoms with E-state index in [1.165, 1.54) is 17.7 Å². The first-order valence-electron chi connectivity index (χ1n) is 7.92. The maximum Gasteiger partial charge on any atom is 0.130 e. The molecular weight excluding hydrogens is 277 g/mol. The smallest absolute Gasteiger partial charge is 0.130 e. The zero-order valence-corrected chi connectivity index (χ0v) is 12.8. The summed E-state index contributed by atoms with van der Waals surface area (Å²) >= 11 is 0. The minimum absolute atomic E-state index is 0.204. The summed E-state index contributed by atoms with van der Waals surface area (Å²) in [7, 11) is 2.19. The van der Waals surface area contributed by atoms with Crippen molar-refractivity contribution in [3.8, 4) is 16.9 Å². The Balaban J connectivity index is 1.81. The summed E-state index contributed by atoms with van der Waals surface area (Å²) in [6.07, 6.45) is 1.10. The SMILES string of the molecule is CN1CC2CCOc3c(-c4ccc(F)cc4)cccc3[C@H]2C1. The molecule has 0 spiro atoms. The Labute approximate surface area is 130 Å². The average molecular weight is 297 g/mol. The van der Waals surface area contributed by atoms with Gasteiger partial charge in [0.1, 0.15) is 11.6 Å². The number of nitrogens with zero attached hydrogens (tertiary/aromatic N) is 1. The third-order valence-corrected chi connectivity index (χ3v) is 4.96. The molecule has 2 aromatic rings. The minimum Gasteiger partial charge on any atom is -0.493 e. The Morgan fingerprint density at radius 1 is 1.09 bits per heavy atom. The summed E-state index contributed by atoms with van der Waals surface area (Å²) in [5.41, 5.74) is 3.41. The first-order valence-corrected chi connectivity index (χ1v) is 7.92. The Morgan fingerprint density at radius 2 is 1.91 bits per heavy atom. The van der Waals surface area contributed by atoms with E-state index < -0.39 is 0 Å². The molecule has 2 nitrogen and oxygen atoms in total. The monoisotopic (exact) mass is 297 g/mol. The van der Waals surface area contributed by atoms with E-state index in [1.54, 1.807) is 0 Å². The molecule has 2 atom stereocenters. The zero-order valence-electron chi connectivity index (χ0n) is 12.8. The highest BCUT2D eigenvalue weighted by molar-refractivity contribution is 5.72. The van der Waals surface area contributed by atoms with Gasteiger partial charge in [0.15, 0.2) is 0 Å². The lowest BCUT2D eigenvalue weighted by molar-refractivity contribution is 0.287. The van der Waals surface area contributed by atoms with Crippen LogP contribution in [0.15, 0.2) is 42.5 Å². The molecule has 1 fully saturated rings. The number of rotatable bonds is 1. The number of ether oxygens (including phenoxy) is 1. The van der Waals surface area contributed by atoms with Crippen LogP contribution < -0.4 is 4.74 Å². The molecule has 0 aromatic heterocycles. The zero-order chi connectivity index (χ0) is 15.1. The van der Waals surface area contributed by atoms with E-state index in [0.717, 1.165) is 43.0 Å². The number of halogens is 1.